The van der Waals surface area contributed by atoms with Gasteiger partial charge in [0, 0.05) is 0 Å². The summed E-state index contributed by atoms with van der Waals surface area (Å²) >= 11 is 4.76. The summed E-state index contributed by atoms with van der Waals surface area (Å²) in [7, 11) is 0. The van der Waals surface area contributed by atoms with Crippen molar-refractivity contribution in [1.29, 1.82) is 5.41 Å². The molecule has 0 aliphatic heterocycles. The number of nitrogens with one attached hydrogen (secondary N) is 1. The second kappa shape index (κ2) is 16.0. The molecule has 0 aliphatic rings. The van der Waals surface area contributed by atoms with E-state index in [4.69, 9.17) is 17.0 Å². The fraction of sp³-hybridized carbons (Fsp3) is 0. The van der Waals surface area contributed by atoms with Crippen LogP contribution in [0.25, 0.3) is 0 Å². The van der Waals surface area contributed by atoms with Gasteiger partial charge in [-0.25, -0.2) is 0 Å². The van der Waals surface area contributed by atoms with Gasteiger partial charge in [-0.15, -0.1) is 12.4 Å². The monoisotopic (exact) mass is 157 g/mol. The molecule has 0 aromatic rings. The van der Waals surface area contributed by atoms with Crippen LogP contribution < -0.4 is 11.5 Å². The highest BCUT2D eigenvalue weighted by Gasteiger charge is 1.52. The van der Waals surface area contributed by atoms with E-state index in [1.807, 2.05) is 0 Å². The van der Waals surface area contributed by atoms with Gasteiger partial charge in [-0.1, -0.05) is 18.2 Å². The average Bonchev–Trinajstić information content (AvgIpc) is 1.33. The molecule has 0 spiro atoms. The molecule has 0 unspecified atom stereocenters. The van der Waals surface area contributed by atoms with Crippen molar-refractivity contribution in [3.8, 4) is 0 Å². The maximum Gasteiger partial charge on any atom is 0.183 e. The fourth-order valence-electron chi connectivity index (χ4n) is 0. The molecule has 0 saturated heterocycles. The first-order valence-corrected chi connectivity index (χ1v) is 1.89. The van der Waals surface area contributed by atoms with Gasteiger partial charge in [0.15, 0.2) is 5.96 Å². The summed E-state index contributed by atoms with van der Waals surface area (Å²) < 4.78 is 0. The van der Waals surface area contributed by atoms with E-state index in [2.05, 4.69) is 18.0 Å². The number of guanidine groups is 1. The summed E-state index contributed by atoms with van der Waals surface area (Å²) in [5.41, 5.74) is 10.2. The highest BCUT2D eigenvalue weighted by Crippen LogP contribution is 1.60. The minimum absolute atomic E-state index is 0. The molecule has 5 heteroatoms. The number of nitrogens with two attached hydrogens (primary N) is 2. The highest BCUT2D eigenvalue weighted by atomic mass is 35.5. The van der Waals surface area contributed by atoms with Crippen LogP contribution in [0.3, 0.4) is 0 Å². The third-order valence-corrected chi connectivity index (χ3v) is 0. The third-order valence-electron chi connectivity index (χ3n) is 0. The maximum absolute atomic E-state index is 6.06. The van der Waals surface area contributed by atoms with Crippen molar-refractivity contribution in [3.63, 3.8) is 0 Å². The van der Waals surface area contributed by atoms with E-state index in [0.717, 1.165) is 0 Å². The molecule has 0 radical (unpaired) electrons. The second-order valence-corrected chi connectivity index (χ2v) is 0.918. The third kappa shape index (κ3) is 701. The van der Waals surface area contributed by atoms with Crippen LogP contribution in [0.5, 0.6) is 0 Å². The van der Waals surface area contributed by atoms with E-state index in [0.29, 0.717) is 0 Å². The van der Waals surface area contributed by atoms with E-state index in [1.54, 1.807) is 0 Å². The summed E-state index contributed by atoms with van der Waals surface area (Å²) in [6, 6.07) is 0. The molecule has 0 fully saturated rings. The topological polar surface area (TPSA) is 75.9 Å². The van der Waals surface area contributed by atoms with Crippen LogP contribution in [0, 0.1) is 5.41 Å². The Bertz CT molecular complexity index is 59.5. The lowest BCUT2D eigenvalue weighted by atomic mass is 11.1. The Morgan fingerprint density at radius 1 is 1.62 bits per heavy atom. The van der Waals surface area contributed by atoms with Crippen LogP contribution in [0.1, 0.15) is 0 Å². The minimum Gasteiger partial charge on any atom is -0.370 e. The maximum atomic E-state index is 6.06. The van der Waals surface area contributed by atoms with Crippen molar-refractivity contribution in [2.75, 3.05) is 0 Å². The van der Waals surface area contributed by atoms with Gasteiger partial charge in [-0.2, -0.15) is 0 Å². The fourth-order valence-corrected chi connectivity index (χ4v) is 0. The van der Waals surface area contributed by atoms with Gasteiger partial charge in [-0.3, -0.25) is 5.41 Å². The van der Waals surface area contributed by atoms with Crippen LogP contribution in [0.2, 0.25) is 0 Å². The Balaban J connectivity index is -0.0000000575. The molecule has 0 rings (SSSR count). The van der Waals surface area contributed by atoms with Crippen molar-refractivity contribution in [2.45, 2.75) is 0 Å². The molecular formula is C3H9Cl2N3. The summed E-state index contributed by atoms with van der Waals surface area (Å²) in [4.78, 5) is 0. The van der Waals surface area contributed by atoms with Crippen molar-refractivity contribution >= 4 is 30.0 Å². The summed E-state index contributed by atoms with van der Waals surface area (Å²) in [6.07, 6.45) is 0. The molecule has 5 N–H and O–H groups in total. The summed E-state index contributed by atoms with van der Waals surface area (Å²) in [6.45, 7) is 3.13. The SMILES string of the molecule is C=CCl.Cl.N=C(N)N. The Hall–Kier alpha value is -0.410. The van der Waals surface area contributed by atoms with Gasteiger partial charge >= 0.3 is 0 Å². The second-order valence-electron chi connectivity index (χ2n) is 0.610. The molecule has 50 valence electrons. The van der Waals surface area contributed by atoms with Crippen LogP contribution >= 0.6 is 24.0 Å². The van der Waals surface area contributed by atoms with E-state index < -0.39 is 0 Å². The standard InChI is InChI=1S/C2H3Cl.CH5N3.ClH/c1-2-3;2-1(3)4;/h2H,1H2;(H5,2,3,4);1H. The Morgan fingerprint density at radius 2 is 1.62 bits per heavy atom. The molecular weight excluding hydrogens is 149 g/mol. The first kappa shape index (κ1) is 15.6. The smallest absolute Gasteiger partial charge is 0.183 e. The molecule has 0 atom stereocenters. The zero-order chi connectivity index (χ0) is 6.28. The van der Waals surface area contributed by atoms with E-state index in [-0.39, 0.29) is 18.4 Å². The van der Waals surface area contributed by atoms with Gasteiger partial charge in [0.1, 0.15) is 0 Å². The summed E-state index contributed by atoms with van der Waals surface area (Å²) in [5.74, 6) is -0.333. The van der Waals surface area contributed by atoms with E-state index in [9.17, 15) is 0 Å². The molecule has 0 aromatic heterocycles. The summed E-state index contributed by atoms with van der Waals surface area (Å²) in [5, 5.41) is 6.06. The lowest BCUT2D eigenvalue weighted by Crippen LogP contribution is -2.20. The van der Waals surface area contributed by atoms with Crippen LogP contribution in [-0.4, -0.2) is 5.96 Å². The zero-order valence-electron chi connectivity index (χ0n) is 4.23. The number of hydrogen-bond donors (Lipinski definition) is 3. The molecule has 3 nitrogen and oxygen atoms in total. The van der Waals surface area contributed by atoms with Gasteiger partial charge in [0.2, 0.25) is 0 Å². The minimum atomic E-state index is -0.333. The molecule has 0 bridgehead atoms. The van der Waals surface area contributed by atoms with Crippen LogP contribution in [0.15, 0.2) is 12.1 Å². The van der Waals surface area contributed by atoms with Crippen molar-refractivity contribution in [1.82, 2.24) is 0 Å². The normalized spacial score (nSPS) is 4.62. The molecule has 0 aliphatic carbocycles. The Kier molecular flexibility index (Phi) is 31.2. The van der Waals surface area contributed by atoms with Crippen molar-refractivity contribution < 1.29 is 0 Å². The van der Waals surface area contributed by atoms with Gasteiger partial charge in [0.25, 0.3) is 0 Å². The van der Waals surface area contributed by atoms with E-state index >= 15 is 0 Å². The first-order chi connectivity index (χ1) is 3.15. The Morgan fingerprint density at radius 3 is 1.62 bits per heavy atom. The molecule has 0 amide bonds. The van der Waals surface area contributed by atoms with Gasteiger partial charge in [-0.05, 0) is 5.54 Å². The first-order valence-electron chi connectivity index (χ1n) is 1.45. The molecule has 8 heavy (non-hydrogen) atoms. The average molecular weight is 158 g/mol. The number of rotatable bonds is 0. The lowest BCUT2D eigenvalue weighted by Gasteiger charge is -1.69. The van der Waals surface area contributed by atoms with Crippen molar-refractivity contribution in [2.24, 2.45) is 11.5 Å². The molecule has 0 saturated carbocycles. The van der Waals surface area contributed by atoms with Crippen LogP contribution in [-0.2, 0) is 0 Å². The van der Waals surface area contributed by atoms with Gasteiger partial charge < -0.3 is 11.5 Å². The predicted octanol–water partition coefficient (Wildman–Crippen LogP) is 0.629. The van der Waals surface area contributed by atoms with Gasteiger partial charge in [0.05, 0.1) is 0 Å². The predicted molar refractivity (Wildman–Crippen MR) is 39.4 cm³/mol. The highest BCUT2D eigenvalue weighted by molar-refractivity contribution is 6.25. The Labute approximate surface area is 59.6 Å². The largest absolute Gasteiger partial charge is 0.370 e. The molecule has 0 aromatic carbocycles. The number of halogens is 2. The van der Waals surface area contributed by atoms with Crippen LogP contribution in [0.4, 0.5) is 0 Å². The number of hydrogen-bond acceptors (Lipinski definition) is 1. The lowest BCUT2D eigenvalue weighted by molar-refractivity contribution is 1.39. The quantitative estimate of drug-likeness (QED) is 0.357. The van der Waals surface area contributed by atoms with Crippen molar-refractivity contribution in [3.05, 3.63) is 12.1 Å². The molecule has 0 heterocycles. The van der Waals surface area contributed by atoms with E-state index in [1.165, 1.54) is 5.54 Å². The zero-order valence-corrected chi connectivity index (χ0v) is 5.80.